The van der Waals surface area contributed by atoms with Crippen molar-refractivity contribution in [3.8, 4) is 11.8 Å². The van der Waals surface area contributed by atoms with Crippen LogP contribution in [-0.2, 0) is 0 Å². The SMILES string of the molecule is Cc1cnccc1NC(=O)c1ccc(C#CCO)cc1. The quantitative estimate of drug-likeness (QED) is 0.817. The number of pyridine rings is 1. The molecule has 100 valence electrons. The molecule has 0 saturated heterocycles. The fourth-order valence-electron chi connectivity index (χ4n) is 1.65. The van der Waals surface area contributed by atoms with E-state index in [-0.39, 0.29) is 12.5 Å². The number of anilines is 1. The summed E-state index contributed by atoms with van der Waals surface area (Å²) < 4.78 is 0. The Kier molecular flexibility index (Phi) is 4.48. The van der Waals surface area contributed by atoms with E-state index in [2.05, 4.69) is 22.1 Å². The molecule has 0 bridgehead atoms. The van der Waals surface area contributed by atoms with Crippen LogP contribution in [0.25, 0.3) is 0 Å². The monoisotopic (exact) mass is 266 g/mol. The van der Waals surface area contributed by atoms with E-state index in [0.29, 0.717) is 5.56 Å². The Balaban J connectivity index is 2.12. The molecule has 0 fully saturated rings. The zero-order valence-electron chi connectivity index (χ0n) is 11.1. The number of carbonyl (C=O) groups excluding carboxylic acids is 1. The number of aliphatic hydroxyl groups is 1. The molecule has 2 rings (SSSR count). The van der Waals surface area contributed by atoms with Gasteiger partial charge in [-0.15, -0.1) is 0 Å². The standard InChI is InChI=1S/C16H14N2O2/c1-12-11-17-9-8-15(12)18-16(20)14-6-4-13(5-7-14)3-2-10-19/h4-9,11,19H,10H2,1H3,(H,17,18,20). The minimum atomic E-state index is -0.180. The van der Waals surface area contributed by atoms with Crippen LogP contribution in [0.1, 0.15) is 21.5 Å². The maximum atomic E-state index is 12.1. The second kappa shape index (κ2) is 6.50. The molecule has 1 aromatic carbocycles. The van der Waals surface area contributed by atoms with Crippen molar-refractivity contribution in [1.82, 2.24) is 4.98 Å². The van der Waals surface area contributed by atoms with Gasteiger partial charge in [-0.05, 0) is 42.8 Å². The van der Waals surface area contributed by atoms with Crippen LogP contribution in [0.3, 0.4) is 0 Å². The number of rotatable bonds is 2. The summed E-state index contributed by atoms with van der Waals surface area (Å²) in [5.74, 6) is 5.16. The number of amides is 1. The van der Waals surface area contributed by atoms with E-state index in [0.717, 1.165) is 16.8 Å². The summed E-state index contributed by atoms with van der Waals surface area (Å²) in [5, 5.41) is 11.5. The molecule has 0 spiro atoms. The van der Waals surface area contributed by atoms with Gasteiger partial charge in [-0.3, -0.25) is 9.78 Å². The Morgan fingerprint density at radius 3 is 2.70 bits per heavy atom. The summed E-state index contributed by atoms with van der Waals surface area (Å²) in [4.78, 5) is 16.1. The number of aliphatic hydroxyl groups excluding tert-OH is 1. The molecule has 1 aromatic heterocycles. The fraction of sp³-hybridized carbons (Fsp3) is 0.125. The van der Waals surface area contributed by atoms with Crippen LogP contribution in [0.4, 0.5) is 5.69 Å². The molecule has 4 heteroatoms. The highest BCUT2D eigenvalue weighted by Gasteiger charge is 2.07. The number of hydrogen-bond donors (Lipinski definition) is 2. The first-order valence-electron chi connectivity index (χ1n) is 6.12. The van der Waals surface area contributed by atoms with Gasteiger partial charge >= 0.3 is 0 Å². The average Bonchev–Trinajstić information content (AvgIpc) is 2.48. The molecule has 2 N–H and O–H groups in total. The second-order valence-electron chi connectivity index (χ2n) is 4.18. The predicted molar refractivity (Wildman–Crippen MR) is 77.3 cm³/mol. The van der Waals surface area contributed by atoms with Crippen molar-refractivity contribution in [1.29, 1.82) is 0 Å². The highest BCUT2D eigenvalue weighted by Crippen LogP contribution is 2.13. The lowest BCUT2D eigenvalue weighted by Gasteiger charge is -2.07. The van der Waals surface area contributed by atoms with Crippen LogP contribution < -0.4 is 5.32 Å². The Morgan fingerprint density at radius 2 is 2.05 bits per heavy atom. The second-order valence-corrected chi connectivity index (χ2v) is 4.18. The molecular formula is C16H14N2O2. The summed E-state index contributed by atoms with van der Waals surface area (Å²) in [6, 6.07) is 8.66. The third kappa shape index (κ3) is 3.44. The number of benzene rings is 1. The zero-order valence-corrected chi connectivity index (χ0v) is 11.1. The van der Waals surface area contributed by atoms with Gasteiger partial charge in [-0.1, -0.05) is 11.8 Å². The van der Waals surface area contributed by atoms with Crippen LogP contribution in [0, 0.1) is 18.8 Å². The van der Waals surface area contributed by atoms with Crippen molar-refractivity contribution in [2.45, 2.75) is 6.92 Å². The van der Waals surface area contributed by atoms with E-state index in [1.54, 1.807) is 42.7 Å². The normalized spacial score (nSPS) is 9.50. The van der Waals surface area contributed by atoms with Gasteiger partial charge in [-0.25, -0.2) is 0 Å². The van der Waals surface area contributed by atoms with Crippen LogP contribution in [0.15, 0.2) is 42.7 Å². The third-order valence-corrected chi connectivity index (χ3v) is 2.73. The van der Waals surface area contributed by atoms with Gasteiger partial charge in [0.2, 0.25) is 0 Å². The summed E-state index contributed by atoms with van der Waals surface area (Å²) >= 11 is 0. The smallest absolute Gasteiger partial charge is 0.255 e. The van der Waals surface area contributed by atoms with Gasteiger partial charge in [0.05, 0.1) is 0 Å². The maximum Gasteiger partial charge on any atom is 0.255 e. The van der Waals surface area contributed by atoms with Crippen molar-refractivity contribution < 1.29 is 9.90 Å². The lowest BCUT2D eigenvalue weighted by atomic mass is 10.1. The first kappa shape index (κ1) is 13.8. The minimum Gasteiger partial charge on any atom is -0.384 e. The molecule has 20 heavy (non-hydrogen) atoms. The molecule has 0 aliphatic rings. The van der Waals surface area contributed by atoms with Gasteiger partial charge in [0, 0.05) is 29.2 Å². The number of aryl methyl sites for hydroxylation is 1. The number of carbonyl (C=O) groups is 1. The molecule has 0 unspecified atom stereocenters. The van der Waals surface area contributed by atoms with Gasteiger partial charge in [0.15, 0.2) is 0 Å². The molecule has 0 radical (unpaired) electrons. The van der Waals surface area contributed by atoms with E-state index < -0.39 is 0 Å². The van der Waals surface area contributed by atoms with Crippen molar-refractivity contribution in [3.63, 3.8) is 0 Å². The Morgan fingerprint density at radius 1 is 1.30 bits per heavy atom. The summed E-state index contributed by atoms with van der Waals surface area (Å²) in [6.45, 7) is 1.71. The molecule has 0 atom stereocenters. The van der Waals surface area contributed by atoms with Crippen LogP contribution in [0.5, 0.6) is 0 Å². The molecule has 1 heterocycles. The number of aromatic nitrogens is 1. The number of nitrogens with zero attached hydrogens (tertiary/aromatic N) is 1. The Hall–Kier alpha value is -2.64. The van der Waals surface area contributed by atoms with Crippen LogP contribution >= 0.6 is 0 Å². The molecule has 0 aliphatic carbocycles. The molecule has 0 saturated carbocycles. The van der Waals surface area contributed by atoms with E-state index in [1.165, 1.54) is 0 Å². The first-order chi connectivity index (χ1) is 9.70. The molecule has 4 nitrogen and oxygen atoms in total. The van der Waals surface area contributed by atoms with Gasteiger partial charge in [-0.2, -0.15) is 0 Å². The molecule has 1 amide bonds. The third-order valence-electron chi connectivity index (χ3n) is 2.73. The lowest BCUT2D eigenvalue weighted by Crippen LogP contribution is -2.12. The van der Waals surface area contributed by atoms with Gasteiger partial charge < -0.3 is 10.4 Å². The minimum absolute atomic E-state index is 0.177. The van der Waals surface area contributed by atoms with E-state index in [1.807, 2.05) is 6.92 Å². The summed E-state index contributed by atoms with van der Waals surface area (Å²) in [6.07, 6.45) is 3.33. The molecule has 0 aliphatic heterocycles. The largest absolute Gasteiger partial charge is 0.384 e. The van der Waals surface area contributed by atoms with E-state index in [9.17, 15) is 4.79 Å². The summed E-state index contributed by atoms with van der Waals surface area (Å²) in [5.41, 5.74) is 2.96. The van der Waals surface area contributed by atoms with E-state index >= 15 is 0 Å². The number of nitrogens with one attached hydrogen (secondary N) is 1. The highest BCUT2D eigenvalue weighted by atomic mass is 16.2. The number of hydrogen-bond acceptors (Lipinski definition) is 3. The van der Waals surface area contributed by atoms with Crippen molar-refractivity contribution in [2.75, 3.05) is 11.9 Å². The lowest BCUT2D eigenvalue weighted by molar-refractivity contribution is 0.102. The first-order valence-corrected chi connectivity index (χ1v) is 6.12. The maximum absolute atomic E-state index is 12.1. The van der Waals surface area contributed by atoms with Crippen LogP contribution in [-0.4, -0.2) is 22.6 Å². The van der Waals surface area contributed by atoms with Gasteiger partial charge in [0.25, 0.3) is 5.91 Å². The average molecular weight is 266 g/mol. The van der Waals surface area contributed by atoms with Crippen molar-refractivity contribution in [3.05, 3.63) is 59.4 Å². The van der Waals surface area contributed by atoms with Gasteiger partial charge in [0.1, 0.15) is 6.61 Å². The Labute approximate surface area is 117 Å². The van der Waals surface area contributed by atoms with Crippen molar-refractivity contribution >= 4 is 11.6 Å². The highest BCUT2D eigenvalue weighted by molar-refractivity contribution is 6.04. The molecule has 2 aromatic rings. The zero-order chi connectivity index (χ0) is 14.4. The molecular weight excluding hydrogens is 252 g/mol. The fourth-order valence-corrected chi connectivity index (χ4v) is 1.65. The van der Waals surface area contributed by atoms with Crippen molar-refractivity contribution in [2.24, 2.45) is 0 Å². The van der Waals surface area contributed by atoms with Crippen LogP contribution in [0.2, 0.25) is 0 Å². The van der Waals surface area contributed by atoms with E-state index in [4.69, 9.17) is 5.11 Å². The Bertz CT molecular complexity index is 667. The summed E-state index contributed by atoms with van der Waals surface area (Å²) in [7, 11) is 0. The predicted octanol–water partition coefficient (Wildman–Crippen LogP) is 1.99. The topological polar surface area (TPSA) is 62.2 Å².